The molecule has 1 aliphatic carbocycles. The van der Waals surface area contributed by atoms with E-state index in [9.17, 15) is 18.4 Å². The normalized spacial score (nSPS) is 17.2. The topological polar surface area (TPSA) is 116 Å². The molecule has 1 saturated carbocycles. The summed E-state index contributed by atoms with van der Waals surface area (Å²) in [6, 6.07) is 6.18. The molecule has 1 saturated heterocycles. The predicted molar refractivity (Wildman–Crippen MR) is 134 cm³/mol. The van der Waals surface area contributed by atoms with Gasteiger partial charge in [-0.3, -0.25) is 9.67 Å². The summed E-state index contributed by atoms with van der Waals surface area (Å²) in [4.78, 5) is 12.8. The molecular weight excluding hydrogens is 513 g/mol. The summed E-state index contributed by atoms with van der Waals surface area (Å²) in [5.74, 6) is 0.917. The van der Waals surface area contributed by atoms with Crippen LogP contribution in [0, 0.1) is 23.7 Å². The molecule has 0 aromatic carbocycles. The highest BCUT2D eigenvalue weighted by molar-refractivity contribution is 5.84. The van der Waals surface area contributed by atoms with Crippen LogP contribution in [-0.2, 0) is 18.0 Å². The maximum Gasteiger partial charge on any atom is 0.433 e. The number of rotatable bonds is 5. The van der Waals surface area contributed by atoms with E-state index < -0.39 is 11.9 Å². The van der Waals surface area contributed by atoms with Gasteiger partial charge >= 0.3 is 6.18 Å². The molecule has 1 N–H and O–H groups in total. The first-order valence-electron chi connectivity index (χ1n) is 12.5. The lowest BCUT2D eigenvalue weighted by molar-refractivity contribution is -0.148. The molecule has 2 aliphatic rings. The Balaban J connectivity index is 1.30. The molecule has 10 nitrogen and oxygen atoms in total. The number of fused-ring (bicyclic) bond motifs is 1. The molecule has 0 atom stereocenters. The number of pyridine rings is 2. The molecule has 4 aromatic rings. The van der Waals surface area contributed by atoms with Crippen LogP contribution in [0.5, 0.6) is 11.5 Å². The molecule has 0 bridgehead atoms. The average Bonchev–Trinajstić information content (AvgIpc) is 3.44. The van der Waals surface area contributed by atoms with Gasteiger partial charge in [-0.15, -0.1) is 0 Å². The second-order valence-electron chi connectivity index (χ2n) is 10.2. The Morgan fingerprint density at radius 2 is 1.97 bits per heavy atom. The van der Waals surface area contributed by atoms with Gasteiger partial charge in [0.1, 0.15) is 28.6 Å². The number of halogens is 3. The van der Waals surface area contributed by atoms with Crippen LogP contribution in [0.25, 0.3) is 11.2 Å². The molecule has 0 unspecified atom stereocenters. The second-order valence-corrected chi connectivity index (χ2v) is 10.2. The third kappa shape index (κ3) is 4.54. The van der Waals surface area contributed by atoms with Gasteiger partial charge in [0.2, 0.25) is 5.95 Å². The fourth-order valence-corrected chi connectivity index (χ4v) is 5.55. The number of alkyl halides is 3. The van der Waals surface area contributed by atoms with Crippen LogP contribution in [-0.4, -0.2) is 42.5 Å². The molecule has 5 heterocycles. The second kappa shape index (κ2) is 9.23. The van der Waals surface area contributed by atoms with Gasteiger partial charge in [-0.05, 0) is 44.1 Å². The van der Waals surface area contributed by atoms with Crippen molar-refractivity contribution in [2.24, 2.45) is 12.5 Å². The minimum absolute atomic E-state index is 0.0101. The van der Waals surface area contributed by atoms with Gasteiger partial charge in [0, 0.05) is 44.3 Å². The smallest absolute Gasteiger partial charge is 0.433 e. The van der Waals surface area contributed by atoms with E-state index in [-0.39, 0.29) is 40.2 Å². The van der Waals surface area contributed by atoms with Crippen molar-refractivity contribution in [3.8, 4) is 17.6 Å². The summed E-state index contributed by atoms with van der Waals surface area (Å²) in [6.07, 6.45) is 1.42. The van der Waals surface area contributed by atoms with E-state index in [1.165, 1.54) is 6.20 Å². The molecule has 39 heavy (non-hydrogen) atoms. The number of ether oxygens (including phenoxy) is 2. The molecule has 13 heteroatoms. The Hall–Kier alpha value is -4.18. The maximum absolute atomic E-state index is 14.0. The quantitative estimate of drug-likeness (QED) is 0.358. The number of imidazole rings is 1. The van der Waals surface area contributed by atoms with E-state index in [2.05, 4.69) is 31.4 Å². The summed E-state index contributed by atoms with van der Waals surface area (Å²) in [5, 5.41) is 17.1. The van der Waals surface area contributed by atoms with Gasteiger partial charge < -0.3 is 19.4 Å². The van der Waals surface area contributed by atoms with Crippen molar-refractivity contribution in [2.45, 2.75) is 44.8 Å². The van der Waals surface area contributed by atoms with Gasteiger partial charge in [0.15, 0.2) is 17.2 Å². The minimum atomic E-state index is -4.56. The maximum atomic E-state index is 14.0. The third-order valence-corrected chi connectivity index (χ3v) is 7.57. The third-order valence-electron chi connectivity index (χ3n) is 7.57. The van der Waals surface area contributed by atoms with E-state index in [0.717, 1.165) is 29.3 Å². The number of nitriles is 1. The van der Waals surface area contributed by atoms with Crippen molar-refractivity contribution in [3.63, 3.8) is 0 Å². The fraction of sp³-hybridized carbons (Fsp3) is 0.423. The standard InChI is InChI=1S/C26H25F3N8O2/c1-15-9-17(3-6-31-15)39-19-14-32-23-22(18(19)13-30)36(2)24(34-23)33-21-10-20(26(27,28)29)37(35-21)16-11-25(12-16)4-7-38-8-5-25/h3,6,9-10,14,16H,4-5,7-8,11-12H2,1-2H3,(H,32,33,34,35). The molecule has 6 rings (SSSR count). The molecule has 0 radical (unpaired) electrons. The van der Waals surface area contributed by atoms with Gasteiger partial charge in [0.05, 0.1) is 12.2 Å². The molecule has 1 aliphatic heterocycles. The molecule has 4 aromatic heterocycles. The van der Waals surface area contributed by atoms with Crippen molar-refractivity contribution in [1.82, 2.24) is 29.3 Å². The first-order valence-corrected chi connectivity index (χ1v) is 12.5. The Bertz CT molecular complexity index is 1590. The first-order chi connectivity index (χ1) is 18.7. The zero-order valence-corrected chi connectivity index (χ0v) is 21.3. The Labute approximate surface area is 221 Å². The number of aryl methyl sites for hydroxylation is 2. The largest absolute Gasteiger partial charge is 0.454 e. The summed E-state index contributed by atoms with van der Waals surface area (Å²) in [7, 11) is 1.64. The van der Waals surface area contributed by atoms with E-state index in [4.69, 9.17) is 9.47 Å². The van der Waals surface area contributed by atoms with Crippen LogP contribution in [0.3, 0.4) is 0 Å². The first kappa shape index (κ1) is 25.1. The van der Waals surface area contributed by atoms with Crippen LogP contribution in [0.4, 0.5) is 24.9 Å². The average molecular weight is 539 g/mol. The van der Waals surface area contributed by atoms with Crippen LogP contribution < -0.4 is 10.1 Å². The highest BCUT2D eigenvalue weighted by Gasteiger charge is 2.49. The minimum Gasteiger partial charge on any atom is -0.454 e. The van der Waals surface area contributed by atoms with E-state index >= 15 is 0 Å². The molecule has 0 amide bonds. The number of anilines is 2. The van der Waals surface area contributed by atoms with Crippen molar-refractivity contribution in [2.75, 3.05) is 18.5 Å². The number of hydrogen-bond acceptors (Lipinski definition) is 8. The van der Waals surface area contributed by atoms with Crippen LogP contribution >= 0.6 is 0 Å². The van der Waals surface area contributed by atoms with Gasteiger partial charge in [0.25, 0.3) is 0 Å². The van der Waals surface area contributed by atoms with Gasteiger partial charge in [-0.25, -0.2) is 4.98 Å². The Kier molecular flexibility index (Phi) is 5.95. The predicted octanol–water partition coefficient (Wildman–Crippen LogP) is 5.43. The number of nitrogens with one attached hydrogen (secondary N) is 1. The SMILES string of the molecule is Cc1cc(Oc2cnc3nc(Nc4cc(C(F)(F)F)n(C5CC6(CCOCC6)C5)n4)n(C)c3c2C#N)ccn1. The summed E-state index contributed by atoms with van der Waals surface area (Å²) in [5.41, 5.74) is 0.779. The van der Waals surface area contributed by atoms with Gasteiger partial charge in [-0.2, -0.15) is 28.5 Å². The van der Waals surface area contributed by atoms with E-state index in [1.807, 2.05) is 6.92 Å². The van der Waals surface area contributed by atoms with Crippen LogP contribution in [0.2, 0.25) is 0 Å². The van der Waals surface area contributed by atoms with Crippen molar-refractivity contribution >= 4 is 22.9 Å². The van der Waals surface area contributed by atoms with E-state index in [1.54, 1.807) is 29.9 Å². The summed E-state index contributed by atoms with van der Waals surface area (Å²) < 4.78 is 55.8. The number of nitrogens with zero attached hydrogens (tertiary/aromatic N) is 7. The van der Waals surface area contributed by atoms with Crippen LogP contribution in [0.15, 0.2) is 30.6 Å². The van der Waals surface area contributed by atoms with Gasteiger partial charge in [-0.1, -0.05) is 0 Å². The summed E-state index contributed by atoms with van der Waals surface area (Å²) in [6.45, 7) is 3.11. The van der Waals surface area contributed by atoms with Crippen LogP contribution in [0.1, 0.15) is 48.7 Å². The molecule has 202 valence electrons. The lowest BCUT2D eigenvalue weighted by atomic mass is 9.61. The monoisotopic (exact) mass is 538 g/mol. The molecule has 1 spiro atoms. The Morgan fingerprint density at radius 1 is 1.21 bits per heavy atom. The number of hydrogen-bond donors (Lipinski definition) is 1. The zero-order chi connectivity index (χ0) is 27.4. The van der Waals surface area contributed by atoms with Crippen molar-refractivity contribution in [3.05, 3.63) is 47.5 Å². The molecular formula is C26H25F3N8O2. The van der Waals surface area contributed by atoms with E-state index in [0.29, 0.717) is 37.3 Å². The highest BCUT2D eigenvalue weighted by atomic mass is 19.4. The van der Waals surface area contributed by atoms with Crippen molar-refractivity contribution < 1.29 is 22.6 Å². The lowest BCUT2D eigenvalue weighted by Gasteiger charge is -2.50. The fourth-order valence-electron chi connectivity index (χ4n) is 5.55. The van der Waals surface area contributed by atoms with Crippen molar-refractivity contribution in [1.29, 1.82) is 5.26 Å². The lowest BCUT2D eigenvalue weighted by Crippen LogP contribution is -2.43. The molecule has 2 fully saturated rings. The number of aromatic nitrogens is 6. The zero-order valence-electron chi connectivity index (χ0n) is 21.3. The Morgan fingerprint density at radius 3 is 2.67 bits per heavy atom. The highest BCUT2D eigenvalue weighted by Crippen LogP contribution is 2.55. The summed E-state index contributed by atoms with van der Waals surface area (Å²) >= 11 is 0.